The maximum Gasteiger partial charge on any atom is 0.519 e. The number of aryl methyl sites for hydroxylation is 1. The van der Waals surface area contributed by atoms with Crippen molar-refractivity contribution in [2.45, 2.75) is 26.9 Å². The lowest BCUT2D eigenvalue weighted by molar-refractivity contribution is 0.217. The summed E-state index contributed by atoms with van der Waals surface area (Å²) in [5, 5.41) is 0. The second-order valence-corrected chi connectivity index (χ2v) is 5.09. The van der Waals surface area contributed by atoms with Gasteiger partial charge in [-0.25, -0.2) is 4.79 Å². The van der Waals surface area contributed by atoms with Crippen molar-refractivity contribution >= 4 is 7.60 Å². The fourth-order valence-electron chi connectivity index (χ4n) is 1.22. The van der Waals surface area contributed by atoms with Crippen LogP contribution in [0.2, 0.25) is 0 Å². The highest BCUT2D eigenvalue weighted by molar-refractivity contribution is 7.53. The summed E-state index contributed by atoms with van der Waals surface area (Å²) >= 11 is 0. The molecule has 1 heterocycles. The largest absolute Gasteiger partial charge is 0.519 e. The number of rotatable bonds is 6. The van der Waals surface area contributed by atoms with E-state index in [4.69, 9.17) is 13.5 Å². The molecule has 1 rings (SSSR count). The van der Waals surface area contributed by atoms with Crippen LogP contribution in [0.25, 0.3) is 0 Å². The molecule has 0 unspecified atom stereocenters. The van der Waals surface area contributed by atoms with Gasteiger partial charge in [0.25, 0.3) is 0 Å². The first kappa shape index (κ1) is 13.2. The Hall–Kier alpha value is -0.840. The van der Waals surface area contributed by atoms with E-state index < -0.39 is 13.4 Å². The molecule has 7 heteroatoms. The third kappa shape index (κ3) is 3.33. The fourth-order valence-corrected chi connectivity index (χ4v) is 2.90. The minimum Gasteiger partial charge on any atom is -0.396 e. The Morgan fingerprint density at radius 3 is 2.12 bits per heavy atom. The molecule has 0 saturated heterocycles. The second-order valence-electron chi connectivity index (χ2n) is 3.04. The maximum absolute atomic E-state index is 12.1. The summed E-state index contributed by atoms with van der Waals surface area (Å²) in [4.78, 5) is 10.8. The molecule has 0 bridgehead atoms. The van der Waals surface area contributed by atoms with Gasteiger partial charge < -0.3 is 17.9 Å². The van der Waals surface area contributed by atoms with Gasteiger partial charge in [-0.15, -0.1) is 0 Å². The molecule has 0 aliphatic heterocycles. The zero-order chi connectivity index (χ0) is 12.2. The third-order valence-corrected chi connectivity index (χ3v) is 3.80. The Balaban J connectivity index is 2.87. The molecule has 1 aromatic heterocycles. The van der Waals surface area contributed by atoms with Crippen molar-refractivity contribution in [3.63, 3.8) is 0 Å². The Morgan fingerprint density at radius 1 is 1.19 bits per heavy atom. The summed E-state index contributed by atoms with van der Waals surface area (Å²) < 4.78 is 31.6. The van der Waals surface area contributed by atoms with E-state index in [1.165, 1.54) is 0 Å². The molecule has 16 heavy (non-hydrogen) atoms. The maximum atomic E-state index is 12.1. The predicted octanol–water partition coefficient (Wildman–Crippen LogP) is 2.31. The van der Waals surface area contributed by atoms with Crippen LogP contribution >= 0.6 is 7.60 Å². The molecular weight excluding hydrogens is 235 g/mol. The van der Waals surface area contributed by atoms with E-state index in [-0.39, 0.29) is 25.1 Å². The van der Waals surface area contributed by atoms with Crippen LogP contribution in [0.5, 0.6) is 0 Å². The molecule has 6 nitrogen and oxygen atoms in total. The fraction of sp³-hybridized carbons (Fsp3) is 0.667. The van der Waals surface area contributed by atoms with Crippen molar-refractivity contribution in [3.8, 4) is 0 Å². The molecule has 1 aromatic rings. The van der Waals surface area contributed by atoms with Gasteiger partial charge in [-0.2, -0.15) is 0 Å². The summed E-state index contributed by atoms with van der Waals surface area (Å²) in [5.74, 6) is -0.313. The molecule has 0 aliphatic carbocycles. The normalized spacial score (nSPS) is 11.9. The lowest BCUT2D eigenvalue weighted by Crippen LogP contribution is -1.99. The van der Waals surface area contributed by atoms with E-state index in [1.807, 2.05) is 0 Å². The molecule has 0 fully saturated rings. The Kier molecular flexibility index (Phi) is 4.53. The van der Waals surface area contributed by atoms with E-state index >= 15 is 0 Å². The summed E-state index contributed by atoms with van der Waals surface area (Å²) in [6, 6.07) is 0. The zero-order valence-corrected chi connectivity index (χ0v) is 10.4. The smallest absolute Gasteiger partial charge is 0.396 e. The van der Waals surface area contributed by atoms with E-state index in [0.717, 1.165) is 0 Å². The first-order chi connectivity index (χ1) is 7.50. The zero-order valence-electron chi connectivity index (χ0n) is 9.52. The van der Waals surface area contributed by atoms with Gasteiger partial charge in [-0.05, 0) is 20.8 Å². The van der Waals surface area contributed by atoms with Crippen LogP contribution < -0.4 is 5.82 Å². The molecule has 0 amide bonds. The average molecular weight is 250 g/mol. The number of hydrogen-bond donors (Lipinski definition) is 0. The monoisotopic (exact) mass is 250 g/mol. The molecule has 0 N–H and O–H groups in total. The van der Waals surface area contributed by atoms with Crippen molar-refractivity contribution in [1.29, 1.82) is 0 Å². The lowest BCUT2D eigenvalue weighted by Gasteiger charge is -2.15. The average Bonchev–Trinajstić information content (AvgIpc) is 2.45. The molecule has 0 spiro atoms. The lowest BCUT2D eigenvalue weighted by atomic mass is 10.4. The van der Waals surface area contributed by atoms with Crippen LogP contribution in [0.1, 0.15) is 25.4 Å². The van der Waals surface area contributed by atoms with Gasteiger partial charge >= 0.3 is 13.4 Å². The van der Waals surface area contributed by atoms with E-state index in [1.54, 1.807) is 20.8 Å². The van der Waals surface area contributed by atoms with Crippen LogP contribution in [0, 0.1) is 6.92 Å². The van der Waals surface area contributed by atoms with Crippen LogP contribution in [-0.2, 0) is 19.8 Å². The third-order valence-electron chi connectivity index (χ3n) is 1.82. The highest BCUT2D eigenvalue weighted by Gasteiger charge is 2.28. The molecule has 0 aromatic carbocycles. The molecule has 0 aliphatic rings. The highest BCUT2D eigenvalue weighted by Crippen LogP contribution is 2.51. The minimum absolute atomic E-state index is 0.0910. The van der Waals surface area contributed by atoms with Crippen LogP contribution in [0.3, 0.4) is 0 Å². The topological polar surface area (TPSA) is 78.9 Å². The standard InChI is InChI=1S/C9H15O6P/c1-4-12-16(11,13-5-2)6-8-7(3)14-9(10)15-8/h4-6H2,1-3H3. The van der Waals surface area contributed by atoms with Crippen LogP contribution in [0.15, 0.2) is 13.6 Å². The first-order valence-electron chi connectivity index (χ1n) is 4.98. The van der Waals surface area contributed by atoms with Gasteiger partial charge in [0.05, 0.1) is 13.2 Å². The summed E-state index contributed by atoms with van der Waals surface area (Å²) in [6.07, 6.45) is -0.0910. The molecular formula is C9H15O6P. The van der Waals surface area contributed by atoms with Crippen molar-refractivity contribution < 1.29 is 22.4 Å². The van der Waals surface area contributed by atoms with Crippen LogP contribution in [-0.4, -0.2) is 13.2 Å². The summed E-state index contributed by atoms with van der Waals surface area (Å²) in [7, 11) is -3.25. The quantitative estimate of drug-likeness (QED) is 0.721. The Bertz CT molecular complexity index is 421. The first-order valence-corrected chi connectivity index (χ1v) is 6.71. The predicted molar refractivity (Wildman–Crippen MR) is 56.5 cm³/mol. The van der Waals surface area contributed by atoms with Gasteiger partial charge in [-0.3, -0.25) is 4.57 Å². The van der Waals surface area contributed by atoms with E-state index in [2.05, 4.69) is 4.42 Å². The summed E-state index contributed by atoms with van der Waals surface area (Å²) in [5.41, 5.74) is 0. The van der Waals surface area contributed by atoms with Crippen LogP contribution in [0.4, 0.5) is 0 Å². The Labute approximate surface area is 93.1 Å². The van der Waals surface area contributed by atoms with Crippen molar-refractivity contribution in [2.75, 3.05) is 13.2 Å². The highest BCUT2D eigenvalue weighted by atomic mass is 31.2. The number of hydrogen-bond acceptors (Lipinski definition) is 6. The van der Waals surface area contributed by atoms with Gasteiger partial charge in [0.1, 0.15) is 11.9 Å². The molecule has 0 atom stereocenters. The summed E-state index contributed by atoms with van der Waals surface area (Å²) in [6.45, 7) is 5.51. The van der Waals surface area contributed by atoms with Gasteiger partial charge in [-0.1, -0.05) is 0 Å². The van der Waals surface area contributed by atoms with Gasteiger partial charge in [0.2, 0.25) is 0 Å². The van der Waals surface area contributed by atoms with Crippen molar-refractivity contribution in [2.24, 2.45) is 0 Å². The Morgan fingerprint density at radius 2 is 1.75 bits per heavy atom. The second kappa shape index (κ2) is 5.48. The SMILES string of the molecule is CCOP(=O)(Cc1oc(=O)oc1C)OCC. The van der Waals surface area contributed by atoms with Gasteiger partial charge in [0, 0.05) is 0 Å². The van der Waals surface area contributed by atoms with Crippen molar-refractivity contribution in [1.82, 2.24) is 0 Å². The molecule has 92 valence electrons. The minimum atomic E-state index is -3.25. The van der Waals surface area contributed by atoms with E-state index in [0.29, 0.717) is 5.76 Å². The molecule has 0 saturated carbocycles. The van der Waals surface area contributed by atoms with Gasteiger partial charge in [0.15, 0.2) is 5.76 Å². The van der Waals surface area contributed by atoms with Crippen molar-refractivity contribution in [3.05, 3.63) is 22.1 Å². The molecule has 0 radical (unpaired) electrons. The van der Waals surface area contributed by atoms with E-state index in [9.17, 15) is 9.36 Å².